The van der Waals surface area contributed by atoms with Crippen molar-refractivity contribution >= 4 is 32.7 Å². The molecule has 14 heteroatoms. The fourth-order valence-corrected chi connectivity index (χ4v) is 3.19. The van der Waals surface area contributed by atoms with Crippen LogP contribution in [-0.4, -0.2) is 51.5 Å². The number of hydrogen-bond donors (Lipinski definition) is 2. The molecule has 0 atom stereocenters. The largest absolute Gasteiger partial charge is 1.00 e. The molecule has 0 fully saturated rings. The zero-order valence-electron chi connectivity index (χ0n) is 16.8. The van der Waals surface area contributed by atoms with Gasteiger partial charge in [0.25, 0.3) is 20.2 Å². The van der Waals surface area contributed by atoms with Gasteiger partial charge in [0, 0.05) is 25.5 Å². The minimum atomic E-state index is -4.43. The van der Waals surface area contributed by atoms with Crippen molar-refractivity contribution in [3.05, 3.63) is 47.5 Å². The van der Waals surface area contributed by atoms with Crippen LogP contribution in [-0.2, 0) is 20.2 Å². The molecule has 0 aliphatic rings. The smallest absolute Gasteiger partial charge is 0.872 e. The quantitative estimate of drug-likeness (QED) is 0.160. The molecule has 0 bridgehead atoms. The number of hydrogen-bond acceptors (Lipinski definition) is 8. The molecule has 156 valence electrons. The predicted octanol–water partition coefficient (Wildman–Crippen LogP) is -5.74. The molecule has 0 aliphatic carbocycles. The Morgan fingerprint density at radius 1 is 0.742 bits per heavy atom. The molecule has 0 amide bonds. The summed E-state index contributed by atoms with van der Waals surface area (Å²) < 4.78 is 62.3. The van der Waals surface area contributed by atoms with Gasteiger partial charge in [-0.2, -0.15) is 16.8 Å². The van der Waals surface area contributed by atoms with Crippen LogP contribution in [0.1, 0.15) is 17.5 Å². The summed E-state index contributed by atoms with van der Waals surface area (Å²) in [7, 11) is -8.85. The fraction of sp³-hybridized carbons (Fsp3) is 0.176. The van der Waals surface area contributed by atoms with E-state index in [0.29, 0.717) is 6.42 Å². The molecule has 0 saturated carbocycles. The Labute approximate surface area is 224 Å². The normalized spacial score (nSPS) is 11.9. The van der Waals surface area contributed by atoms with Crippen molar-refractivity contribution < 1.29 is 95.3 Å². The van der Waals surface area contributed by atoms with E-state index in [2.05, 4.69) is 9.98 Å². The second-order valence-corrected chi connectivity index (χ2v) is 8.62. The van der Waals surface area contributed by atoms with E-state index in [1.807, 2.05) is 0 Å². The van der Waals surface area contributed by atoms with Crippen LogP contribution in [0.5, 0.6) is 11.5 Å². The first-order chi connectivity index (χ1) is 13.5. The topological polar surface area (TPSA) is 180 Å². The molecule has 0 spiro atoms. The van der Waals surface area contributed by atoms with E-state index >= 15 is 0 Å². The molecular formula is C17H16N2Na2O8S2. The third kappa shape index (κ3) is 9.70. The maximum absolute atomic E-state index is 11.7. The Kier molecular flexibility index (Phi) is 12.7. The zero-order valence-corrected chi connectivity index (χ0v) is 22.4. The SMILES string of the molecule is O=S(=O)(O)c1ccc([O-])c(C=NCCCN=Cc2cc(S(=O)(=O)O)ccc2[O-])c1.[Na+].[Na+]. The average Bonchev–Trinajstić information content (AvgIpc) is 2.61. The second-order valence-electron chi connectivity index (χ2n) is 5.77. The van der Waals surface area contributed by atoms with Crippen molar-refractivity contribution in [1.82, 2.24) is 0 Å². The molecule has 0 aliphatic heterocycles. The van der Waals surface area contributed by atoms with E-state index in [9.17, 15) is 27.0 Å². The Bertz CT molecular complexity index is 1080. The van der Waals surface area contributed by atoms with Crippen LogP contribution >= 0.6 is 0 Å². The monoisotopic (exact) mass is 486 g/mol. The number of aliphatic imine (C=N–C) groups is 2. The molecule has 0 unspecified atom stereocenters. The maximum Gasteiger partial charge on any atom is 1.00 e. The standard InChI is InChI=1S/C17H18N2O8S2.2Na/c20-16-4-2-14(28(22,23)24)8-12(16)10-18-6-1-7-19-11-13-9-15(29(25,26)27)3-5-17(13)21;;/h2-5,8-11,20-21H,1,6-7H2,(H,22,23,24)(H,25,26,27);;/q;2*+1/p-2. The summed E-state index contributed by atoms with van der Waals surface area (Å²) >= 11 is 0. The van der Waals surface area contributed by atoms with E-state index in [-0.39, 0.29) is 83.3 Å². The minimum absolute atomic E-state index is 0. The van der Waals surface area contributed by atoms with E-state index in [1.54, 1.807) is 0 Å². The first-order valence-electron chi connectivity index (χ1n) is 8.05. The van der Waals surface area contributed by atoms with E-state index in [1.165, 1.54) is 12.4 Å². The minimum Gasteiger partial charge on any atom is -0.872 e. The van der Waals surface area contributed by atoms with Crippen molar-refractivity contribution in [2.24, 2.45) is 9.98 Å². The third-order valence-corrected chi connectivity index (χ3v) is 5.29. The number of nitrogens with zero attached hydrogens (tertiary/aromatic N) is 2. The molecule has 31 heavy (non-hydrogen) atoms. The van der Waals surface area contributed by atoms with Crippen molar-refractivity contribution in [3.63, 3.8) is 0 Å². The molecule has 2 aromatic rings. The molecule has 0 heterocycles. The van der Waals surface area contributed by atoms with E-state index in [0.717, 1.165) is 36.4 Å². The molecule has 2 aromatic carbocycles. The Morgan fingerprint density at radius 2 is 1.10 bits per heavy atom. The fourth-order valence-electron chi connectivity index (χ4n) is 2.15. The van der Waals surface area contributed by atoms with Gasteiger partial charge in [0.05, 0.1) is 9.79 Å². The summed E-state index contributed by atoms with van der Waals surface area (Å²) in [5, 5.41) is 23.3. The summed E-state index contributed by atoms with van der Waals surface area (Å²) in [6.07, 6.45) is 2.80. The molecule has 0 aromatic heterocycles. The van der Waals surface area contributed by atoms with Gasteiger partial charge >= 0.3 is 59.1 Å². The molecule has 10 nitrogen and oxygen atoms in total. The van der Waals surface area contributed by atoms with Gasteiger partial charge in [0.2, 0.25) is 0 Å². The predicted molar refractivity (Wildman–Crippen MR) is 101 cm³/mol. The van der Waals surface area contributed by atoms with Gasteiger partial charge in [0.15, 0.2) is 0 Å². The first-order valence-corrected chi connectivity index (χ1v) is 10.9. The van der Waals surface area contributed by atoms with Gasteiger partial charge in [-0.05, 0) is 41.8 Å². The van der Waals surface area contributed by atoms with Gasteiger partial charge in [-0.3, -0.25) is 19.1 Å². The molecule has 0 saturated heterocycles. The first kappa shape index (κ1) is 30.2. The third-order valence-electron chi connectivity index (χ3n) is 3.59. The van der Waals surface area contributed by atoms with Gasteiger partial charge in [-0.1, -0.05) is 23.6 Å². The van der Waals surface area contributed by atoms with Crippen molar-refractivity contribution in [3.8, 4) is 11.5 Å². The summed E-state index contributed by atoms with van der Waals surface area (Å²) in [6.45, 7) is 0.477. The summed E-state index contributed by atoms with van der Waals surface area (Å²) in [4.78, 5) is 7.14. The second kappa shape index (κ2) is 13.0. The van der Waals surface area contributed by atoms with E-state index in [4.69, 9.17) is 9.11 Å². The van der Waals surface area contributed by atoms with Crippen LogP contribution in [0, 0.1) is 0 Å². The molecular weight excluding hydrogens is 470 g/mol. The van der Waals surface area contributed by atoms with Crippen LogP contribution in [0.4, 0.5) is 0 Å². The Hall–Kier alpha value is -0.800. The summed E-state index contributed by atoms with van der Waals surface area (Å²) in [5.74, 6) is -0.915. The van der Waals surface area contributed by atoms with Crippen LogP contribution in [0.3, 0.4) is 0 Å². The van der Waals surface area contributed by atoms with Crippen molar-refractivity contribution in [2.75, 3.05) is 13.1 Å². The molecule has 2 rings (SSSR count). The Morgan fingerprint density at radius 3 is 1.42 bits per heavy atom. The summed E-state index contributed by atoms with van der Waals surface area (Å²) in [5.41, 5.74) is 0.00306. The number of benzene rings is 2. The Balaban J connectivity index is 0.00000450. The van der Waals surface area contributed by atoms with Gasteiger partial charge < -0.3 is 10.2 Å². The van der Waals surface area contributed by atoms with Gasteiger partial charge in [-0.25, -0.2) is 0 Å². The summed E-state index contributed by atoms with van der Waals surface area (Å²) in [6, 6.07) is 6.02. The number of rotatable bonds is 8. The van der Waals surface area contributed by atoms with Crippen LogP contribution in [0.15, 0.2) is 56.2 Å². The van der Waals surface area contributed by atoms with Crippen molar-refractivity contribution in [1.29, 1.82) is 0 Å². The maximum atomic E-state index is 11.7. The van der Waals surface area contributed by atoms with E-state index < -0.39 is 41.5 Å². The van der Waals surface area contributed by atoms with Crippen LogP contribution in [0.25, 0.3) is 0 Å². The van der Waals surface area contributed by atoms with Crippen LogP contribution in [0.2, 0.25) is 0 Å². The van der Waals surface area contributed by atoms with Gasteiger partial charge in [0.1, 0.15) is 0 Å². The van der Waals surface area contributed by atoms with Crippen molar-refractivity contribution in [2.45, 2.75) is 16.2 Å². The molecule has 0 radical (unpaired) electrons. The van der Waals surface area contributed by atoms with Crippen LogP contribution < -0.4 is 69.3 Å². The van der Waals surface area contributed by atoms with Gasteiger partial charge in [-0.15, -0.1) is 0 Å². The zero-order chi connectivity index (χ0) is 21.7. The molecule has 2 N–H and O–H groups in total. The average molecular weight is 486 g/mol.